The average Bonchev–Trinajstić information content (AvgIpc) is 2.63. The van der Waals surface area contributed by atoms with Crippen molar-refractivity contribution in [3.63, 3.8) is 0 Å². The number of pyridine rings is 2. The summed E-state index contributed by atoms with van der Waals surface area (Å²) in [5, 5.41) is 10.6. The highest BCUT2D eigenvalue weighted by atomic mass is 79.9. The number of nitro benzene ring substituents is 1. The van der Waals surface area contributed by atoms with Gasteiger partial charge in [0, 0.05) is 42.2 Å². The highest BCUT2D eigenvalue weighted by Crippen LogP contribution is 2.16. The standard InChI is InChI=1S/C18H14N3O3.BrH/c22-18(16-1-3-17(4-2-16)21(23)24)13-20-11-7-15(8-12-20)14-5-9-19-10-6-14;/h1-12H,13H2;1H/q+1;/p-1. The Morgan fingerprint density at radius 3 is 2.08 bits per heavy atom. The fourth-order valence-corrected chi connectivity index (χ4v) is 2.33. The predicted molar refractivity (Wildman–Crippen MR) is 87.3 cm³/mol. The Bertz CT molecular complexity index is 866. The predicted octanol–water partition coefficient (Wildman–Crippen LogP) is -0.169. The van der Waals surface area contributed by atoms with E-state index in [4.69, 9.17) is 0 Å². The molecule has 0 bridgehead atoms. The molecule has 0 unspecified atom stereocenters. The van der Waals surface area contributed by atoms with Crippen molar-refractivity contribution in [1.82, 2.24) is 4.98 Å². The first-order valence-corrected chi connectivity index (χ1v) is 7.30. The van der Waals surface area contributed by atoms with E-state index < -0.39 is 4.92 Å². The minimum Gasteiger partial charge on any atom is -1.00 e. The van der Waals surface area contributed by atoms with Crippen LogP contribution >= 0.6 is 0 Å². The van der Waals surface area contributed by atoms with Crippen molar-refractivity contribution in [3.05, 3.63) is 89.0 Å². The maximum Gasteiger partial charge on any atom is 0.269 e. The van der Waals surface area contributed by atoms with Crippen molar-refractivity contribution < 1.29 is 31.3 Å². The number of carbonyl (C=O) groups is 1. The minimum absolute atomic E-state index is 0. The molecular formula is C18H14BrN3O3. The van der Waals surface area contributed by atoms with E-state index in [1.54, 1.807) is 17.0 Å². The molecule has 25 heavy (non-hydrogen) atoms. The molecular weight excluding hydrogens is 386 g/mol. The number of hydrogen-bond donors (Lipinski definition) is 0. The van der Waals surface area contributed by atoms with Gasteiger partial charge in [0.1, 0.15) is 0 Å². The van der Waals surface area contributed by atoms with Gasteiger partial charge in [-0.25, -0.2) is 0 Å². The molecule has 1 aromatic carbocycles. The van der Waals surface area contributed by atoms with Gasteiger partial charge in [0.25, 0.3) is 5.69 Å². The van der Waals surface area contributed by atoms with Crippen LogP contribution in [-0.2, 0) is 6.54 Å². The van der Waals surface area contributed by atoms with Crippen molar-refractivity contribution in [2.75, 3.05) is 0 Å². The molecule has 0 spiro atoms. The second-order valence-electron chi connectivity index (χ2n) is 5.22. The van der Waals surface area contributed by atoms with E-state index in [2.05, 4.69) is 4.98 Å². The van der Waals surface area contributed by atoms with Gasteiger partial charge in [0.15, 0.2) is 12.4 Å². The summed E-state index contributed by atoms with van der Waals surface area (Å²) in [6.07, 6.45) is 7.13. The molecule has 0 amide bonds. The lowest BCUT2D eigenvalue weighted by Crippen LogP contribution is -3.00. The van der Waals surface area contributed by atoms with Crippen LogP contribution in [0.4, 0.5) is 5.69 Å². The molecule has 2 heterocycles. The maximum absolute atomic E-state index is 12.3. The number of ketones is 1. The third-order valence-corrected chi connectivity index (χ3v) is 3.63. The largest absolute Gasteiger partial charge is 1.00 e. The second kappa shape index (κ2) is 8.25. The van der Waals surface area contributed by atoms with Crippen molar-refractivity contribution in [2.45, 2.75) is 6.54 Å². The summed E-state index contributed by atoms with van der Waals surface area (Å²) in [6.45, 7) is 0.175. The Labute approximate surface area is 154 Å². The monoisotopic (exact) mass is 399 g/mol. The van der Waals surface area contributed by atoms with Crippen molar-refractivity contribution in [3.8, 4) is 11.1 Å². The topological polar surface area (TPSA) is 77.0 Å². The number of aromatic nitrogens is 2. The number of hydrogen-bond acceptors (Lipinski definition) is 4. The van der Waals surface area contributed by atoms with Crippen LogP contribution in [0.1, 0.15) is 10.4 Å². The molecule has 126 valence electrons. The average molecular weight is 400 g/mol. The van der Waals surface area contributed by atoms with Gasteiger partial charge in [-0.05, 0) is 35.4 Å². The number of Topliss-reactive ketones (excluding diaryl/α,β-unsaturated/α-hetero) is 1. The lowest BCUT2D eigenvalue weighted by Gasteiger charge is -2.01. The number of nitrogens with zero attached hydrogens (tertiary/aromatic N) is 3. The lowest BCUT2D eigenvalue weighted by molar-refractivity contribution is -0.683. The number of carbonyl (C=O) groups excluding carboxylic acids is 1. The van der Waals surface area contributed by atoms with Gasteiger partial charge in [0.05, 0.1) is 4.92 Å². The van der Waals surface area contributed by atoms with Gasteiger partial charge in [-0.3, -0.25) is 19.9 Å². The summed E-state index contributed by atoms with van der Waals surface area (Å²) in [6, 6.07) is 13.3. The van der Waals surface area contributed by atoms with Crippen LogP contribution < -0.4 is 21.5 Å². The van der Waals surface area contributed by atoms with E-state index in [-0.39, 0.29) is 35.0 Å². The molecule has 0 aliphatic carbocycles. The van der Waals surface area contributed by atoms with E-state index in [0.29, 0.717) is 5.56 Å². The molecule has 3 aromatic rings. The molecule has 0 atom stereocenters. The quantitative estimate of drug-likeness (QED) is 0.258. The summed E-state index contributed by atoms with van der Waals surface area (Å²) in [5.41, 5.74) is 2.52. The van der Waals surface area contributed by atoms with Crippen LogP contribution in [0.5, 0.6) is 0 Å². The van der Waals surface area contributed by atoms with Crippen LogP contribution in [0.15, 0.2) is 73.3 Å². The third kappa shape index (κ3) is 4.54. The molecule has 0 aliphatic heterocycles. The van der Waals surface area contributed by atoms with E-state index in [0.717, 1.165) is 11.1 Å². The summed E-state index contributed by atoms with van der Waals surface area (Å²) < 4.78 is 1.77. The molecule has 0 saturated heterocycles. The fraction of sp³-hybridized carbons (Fsp3) is 0.0556. The highest BCUT2D eigenvalue weighted by molar-refractivity contribution is 5.95. The molecule has 0 fully saturated rings. The zero-order chi connectivity index (χ0) is 16.9. The number of benzene rings is 1. The normalized spacial score (nSPS) is 9.92. The summed E-state index contributed by atoms with van der Waals surface area (Å²) >= 11 is 0. The van der Waals surface area contributed by atoms with Crippen molar-refractivity contribution in [1.29, 1.82) is 0 Å². The zero-order valence-electron chi connectivity index (χ0n) is 13.1. The third-order valence-electron chi connectivity index (χ3n) is 3.63. The zero-order valence-corrected chi connectivity index (χ0v) is 14.7. The van der Waals surface area contributed by atoms with Gasteiger partial charge in [-0.1, -0.05) is 0 Å². The lowest BCUT2D eigenvalue weighted by atomic mass is 10.1. The number of non-ortho nitro benzene ring substituents is 1. The van der Waals surface area contributed by atoms with E-state index >= 15 is 0 Å². The molecule has 6 nitrogen and oxygen atoms in total. The van der Waals surface area contributed by atoms with E-state index in [1.165, 1.54) is 24.3 Å². The van der Waals surface area contributed by atoms with Crippen LogP contribution in [0.2, 0.25) is 0 Å². The molecule has 0 N–H and O–H groups in total. The Hall–Kier alpha value is -2.93. The first-order valence-electron chi connectivity index (χ1n) is 7.30. The van der Waals surface area contributed by atoms with Crippen molar-refractivity contribution in [2.24, 2.45) is 0 Å². The Morgan fingerprint density at radius 2 is 1.52 bits per heavy atom. The van der Waals surface area contributed by atoms with E-state index in [1.807, 2.05) is 36.7 Å². The van der Waals surface area contributed by atoms with Gasteiger partial charge >= 0.3 is 0 Å². The minimum atomic E-state index is -0.485. The molecule has 7 heteroatoms. The first kappa shape index (κ1) is 18.4. The fourth-order valence-electron chi connectivity index (χ4n) is 2.33. The second-order valence-corrected chi connectivity index (χ2v) is 5.22. The Balaban J connectivity index is 0.00000225. The van der Waals surface area contributed by atoms with E-state index in [9.17, 15) is 14.9 Å². The molecule has 0 aliphatic rings. The molecule has 3 rings (SSSR count). The summed E-state index contributed by atoms with van der Waals surface area (Å²) in [5.74, 6) is -0.105. The summed E-state index contributed by atoms with van der Waals surface area (Å²) in [4.78, 5) is 26.4. The van der Waals surface area contributed by atoms with Crippen LogP contribution in [0.3, 0.4) is 0 Å². The van der Waals surface area contributed by atoms with Crippen LogP contribution in [-0.4, -0.2) is 15.7 Å². The van der Waals surface area contributed by atoms with Gasteiger partial charge in [-0.2, -0.15) is 4.57 Å². The Morgan fingerprint density at radius 1 is 0.960 bits per heavy atom. The van der Waals surface area contributed by atoms with Crippen molar-refractivity contribution >= 4 is 11.5 Å². The van der Waals surface area contributed by atoms with Gasteiger partial charge < -0.3 is 17.0 Å². The van der Waals surface area contributed by atoms with Gasteiger partial charge in [-0.15, -0.1) is 0 Å². The van der Waals surface area contributed by atoms with Crippen LogP contribution in [0, 0.1) is 10.1 Å². The number of nitro groups is 1. The SMILES string of the molecule is O=C(C[n+]1ccc(-c2ccncc2)cc1)c1ccc([N+](=O)[O-])cc1.[Br-]. The highest BCUT2D eigenvalue weighted by Gasteiger charge is 2.14. The van der Waals surface area contributed by atoms with Crippen LogP contribution in [0.25, 0.3) is 11.1 Å². The molecule has 2 aromatic heterocycles. The first-order chi connectivity index (χ1) is 11.6. The smallest absolute Gasteiger partial charge is 0.269 e. The molecule has 0 radical (unpaired) electrons. The summed E-state index contributed by atoms with van der Waals surface area (Å²) in [7, 11) is 0. The number of halogens is 1. The Kier molecular flexibility index (Phi) is 6.08. The molecule has 0 saturated carbocycles. The number of rotatable bonds is 5. The maximum atomic E-state index is 12.3. The van der Waals surface area contributed by atoms with Gasteiger partial charge in [0.2, 0.25) is 12.3 Å².